The monoisotopic (exact) mass is 228 g/mol. The zero-order chi connectivity index (χ0) is 12.1. The van der Waals surface area contributed by atoms with Crippen molar-refractivity contribution in [3.05, 3.63) is 5.82 Å². The van der Waals surface area contributed by atoms with Gasteiger partial charge in [0, 0.05) is 0 Å². The van der Waals surface area contributed by atoms with Gasteiger partial charge < -0.3 is 10.8 Å². The van der Waals surface area contributed by atoms with E-state index in [2.05, 4.69) is 15.4 Å². The largest absolute Gasteiger partial charge is 0.480 e. The maximum atomic E-state index is 10.7. The Morgan fingerprint density at radius 3 is 2.62 bits per heavy atom. The number of primary amides is 1. The molecule has 1 aromatic rings. The van der Waals surface area contributed by atoms with Gasteiger partial charge in [0.2, 0.25) is 5.91 Å². The Kier molecular flexibility index (Phi) is 3.89. The van der Waals surface area contributed by atoms with Crippen LogP contribution >= 0.6 is 0 Å². The minimum absolute atomic E-state index is 0.114. The highest BCUT2D eigenvalue weighted by atomic mass is 16.4. The second-order valence-corrected chi connectivity index (χ2v) is 3.20. The number of hydrogen-bond donors (Lipinski definition) is 2. The Balaban J connectivity index is 2.62. The van der Waals surface area contributed by atoms with Crippen LogP contribution in [0.15, 0.2) is 0 Å². The van der Waals surface area contributed by atoms with Crippen molar-refractivity contribution in [2.24, 2.45) is 12.8 Å². The quantitative estimate of drug-likeness (QED) is 0.554. The van der Waals surface area contributed by atoms with Gasteiger partial charge in [-0.05, 0) is 5.21 Å². The fourth-order valence-electron chi connectivity index (χ4n) is 1.17. The van der Waals surface area contributed by atoms with Crippen LogP contribution in [0.4, 0.5) is 0 Å². The van der Waals surface area contributed by atoms with Crippen LogP contribution in [0.25, 0.3) is 0 Å². The first kappa shape index (κ1) is 12.0. The predicted molar refractivity (Wildman–Crippen MR) is 50.9 cm³/mol. The van der Waals surface area contributed by atoms with Crippen molar-refractivity contribution in [3.8, 4) is 0 Å². The third-order valence-electron chi connectivity index (χ3n) is 1.65. The van der Waals surface area contributed by atoms with Crippen molar-refractivity contribution in [1.29, 1.82) is 0 Å². The van der Waals surface area contributed by atoms with Crippen molar-refractivity contribution in [3.63, 3.8) is 0 Å². The summed E-state index contributed by atoms with van der Waals surface area (Å²) in [4.78, 5) is 23.8. The zero-order valence-corrected chi connectivity index (χ0v) is 8.70. The van der Waals surface area contributed by atoms with E-state index >= 15 is 0 Å². The molecule has 0 radical (unpaired) electrons. The summed E-state index contributed by atoms with van der Waals surface area (Å²) in [5.41, 5.74) is 4.99. The normalized spacial score (nSPS) is 10.6. The number of tetrazole rings is 1. The van der Waals surface area contributed by atoms with E-state index in [1.54, 1.807) is 7.05 Å². The fraction of sp³-hybridized carbons (Fsp3) is 0.571. The number of aryl methyl sites for hydroxylation is 1. The summed E-state index contributed by atoms with van der Waals surface area (Å²) in [6.07, 6.45) is 0. The number of carbonyl (C=O) groups excluding carboxylic acids is 1. The first-order chi connectivity index (χ1) is 7.47. The third kappa shape index (κ3) is 4.00. The van der Waals surface area contributed by atoms with Gasteiger partial charge in [0.1, 0.15) is 0 Å². The number of hydrogen-bond acceptors (Lipinski definition) is 6. The molecule has 0 atom stereocenters. The first-order valence-corrected chi connectivity index (χ1v) is 4.42. The van der Waals surface area contributed by atoms with Crippen LogP contribution in [0, 0.1) is 0 Å². The average Bonchev–Trinajstić information content (AvgIpc) is 2.48. The Morgan fingerprint density at radius 2 is 2.19 bits per heavy atom. The maximum absolute atomic E-state index is 10.7. The van der Waals surface area contributed by atoms with Crippen LogP contribution < -0.4 is 5.73 Å². The fourth-order valence-corrected chi connectivity index (χ4v) is 1.17. The highest BCUT2D eigenvalue weighted by Gasteiger charge is 2.15. The molecule has 0 saturated heterocycles. The molecule has 0 spiro atoms. The molecule has 9 nitrogen and oxygen atoms in total. The van der Waals surface area contributed by atoms with E-state index in [1.165, 1.54) is 9.70 Å². The highest BCUT2D eigenvalue weighted by molar-refractivity contribution is 5.77. The van der Waals surface area contributed by atoms with Gasteiger partial charge in [-0.2, -0.15) is 4.80 Å². The summed E-state index contributed by atoms with van der Waals surface area (Å²) < 4.78 is 0. The molecule has 0 aliphatic carbocycles. The molecule has 1 rings (SSSR count). The molecule has 3 N–H and O–H groups in total. The molecule has 88 valence electrons. The van der Waals surface area contributed by atoms with Gasteiger partial charge >= 0.3 is 5.97 Å². The summed E-state index contributed by atoms with van der Waals surface area (Å²) >= 11 is 0. The molecule has 1 heterocycles. The van der Waals surface area contributed by atoms with E-state index in [4.69, 9.17) is 10.8 Å². The summed E-state index contributed by atoms with van der Waals surface area (Å²) in [5.74, 6) is -1.32. The lowest BCUT2D eigenvalue weighted by Gasteiger charge is -2.15. The molecule has 0 bridgehead atoms. The smallest absolute Gasteiger partial charge is 0.317 e. The second-order valence-electron chi connectivity index (χ2n) is 3.20. The van der Waals surface area contributed by atoms with Gasteiger partial charge in [-0.25, -0.2) is 0 Å². The summed E-state index contributed by atoms with van der Waals surface area (Å²) in [6, 6.07) is 0. The van der Waals surface area contributed by atoms with E-state index in [9.17, 15) is 9.59 Å². The third-order valence-corrected chi connectivity index (χ3v) is 1.65. The van der Waals surface area contributed by atoms with Crippen molar-refractivity contribution in [1.82, 2.24) is 25.1 Å². The number of rotatable bonds is 6. The Bertz CT molecular complexity index is 373. The number of amides is 1. The van der Waals surface area contributed by atoms with Gasteiger partial charge in [0.25, 0.3) is 0 Å². The minimum Gasteiger partial charge on any atom is -0.480 e. The first-order valence-electron chi connectivity index (χ1n) is 4.42. The standard InChI is InChI=1S/C7H12N6O3/c1-12-10-6(9-11-12)3-13(2-5(8)14)4-7(15)16/h2-4H2,1H3,(H2,8,14)(H,15,16). The van der Waals surface area contributed by atoms with Crippen molar-refractivity contribution < 1.29 is 14.7 Å². The van der Waals surface area contributed by atoms with Gasteiger partial charge in [-0.3, -0.25) is 14.5 Å². The van der Waals surface area contributed by atoms with Crippen molar-refractivity contribution in [2.45, 2.75) is 6.54 Å². The number of carboxylic acid groups (broad SMARTS) is 1. The number of carboxylic acids is 1. The molecule has 0 aliphatic heterocycles. The minimum atomic E-state index is -1.05. The van der Waals surface area contributed by atoms with Crippen LogP contribution in [0.3, 0.4) is 0 Å². The van der Waals surface area contributed by atoms with Gasteiger partial charge in [-0.15, -0.1) is 10.2 Å². The molecule has 0 fully saturated rings. The molecule has 0 aliphatic rings. The summed E-state index contributed by atoms with van der Waals surface area (Å²) in [7, 11) is 1.59. The average molecular weight is 228 g/mol. The molecular weight excluding hydrogens is 216 g/mol. The van der Waals surface area contributed by atoms with Gasteiger partial charge in [0.05, 0.1) is 26.7 Å². The molecule has 0 saturated carbocycles. The number of nitrogens with zero attached hydrogens (tertiary/aromatic N) is 5. The number of nitrogens with two attached hydrogens (primary N) is 1. The van der Waals surface area contributed by atoms with E-state index < -0.39 is 11.9 Å². The van der Waals surface area contributed by atoms with Crippen molar-refractivity contribution >= 4 is 11.9 Å². The lowest BCUT2D eigenvalue weighted by Crippen LogP contribution is -2.37. The van der Waals surface area contributed by atoms with Gasteiger partial charge in [0.15, 0.2) is 5.82 Å². The maximum Gasteiger partial charge on any atom is 0.317 e. The number of aliphatic carboxylic acids is 1. The molecule has 0 unspecified atom stereocenters. The van der Waals surface area contributed by atoms with Crippen LogP contribution in [-0.4, -0.2) is 55.2 Å². The SMILES string of the molecule is Cn1nnc(CN(CC(N)=O)CC(=O)O)n1. The molecular formula is C7H12N6O3. The Hall–Kier alpha value is -2.03. The topological polar surface area (TPSA) is 127 Å². The second kappa shape index (κ2) is 5.16. The van der Waals surface area contributed by atoms with Crippen LogP contribution in [0.1, 0.15) is 5.82 Å². The zero-order valence-electron chi connectivity index (χ0n) is 8.70. The van der Waals surface area contributed by atoms with Crippen LogP contribution in [0.2, 0.25) is 0 Å². The van der Waals surface area contributed by atoms with Gasteiger partial charge in [-0.1, -0.05) is 0 Å². The van der Waals surface area contributed by atoms with E-state index in [0.717, 1.165) is 0 Å². The molecule has 1 amide bonds. The molecule has 0 aromatic carbocycles. The Morgan fingerprint density at radius 1 is 1.50 bits per heavy atom. The summed E-state index contributed by atoms with van der Waals surface area (Å²) in [5, 5.41) is 19.8. The van der Waals surface area contributed by atoms with E-state index in [0.29, 0.717) is 5.82 Å². The molecule has 9 heteroatoms. The Labute approximate surface area is 90.8 Å². The molecule has 16 heavy (non-hydrogen) atoms. The van der Waals surface area contributed by atoms with Crippen LogP contribution in [-0.2, 0) is 23.2 Å². The lowest BCUT2D eigenvalue weighted by molar-refractivity contribution is -0.138. The van der Waals surface area contributed by atoms with Crippen molar-refractivity contribution in [2.75, 3.05) is 13.1 Å². The predicted octanol–water partition coefficient (Wildman–Crippen LogP) is -2.42. The lowest BCUT2D eigenvalue weighted by atomic mass is 10.4. The molecule has 1 aromatic heterocycles. The number of aromatic nitrogens is 4. The summed E-state index contributed by atoms with van der Waals surface area (Å²) in [6.45, 7) is -0.352. The highest BCUT2D eigenvalue weighted by Crippen LogP contribution is 1.96. The number of carbonyl (C=O) groups is 2. The van der Waals surface area contributed by atoms with Crippen LogP contribution in [0.5, 0.6) is 0 Å². The van der Waals surface area contributed by atoms with E-state index in [1.807, 2.05) is 0 Å². The van der Waals surface area contributed by atoms with E-state index in [-0.39, 0.29) is 19.6 Å².